The molecule has 0 bridgehead atoms. The molecule has 0 unspecified atom stereocenters. The summed E-state index contributed by atoms with van der Waals surface area (Å²) in [5.74, 6) is 0.375. The fourth-order valence-electron chi connectivity index (χ4n) is 3.09. The minimum atomic E-state index is -0.118. The van der Waals surface area contributed by atoms with Crippen molar-refractivity contribution in [3.63, 3.8) is 0 Å². The van der Waals surface area contributed by atoms with E-state index in [1.165, 1.54) is 11.3 Å². The zero-order chi connectivity index (χ0) is 22.3. The number of anilines is 2. The summed E-state index contributed by atoms with van der Waals surface area (Å²) in [5, 5.41) is 10.4. The normalized spacial score (nSPS) is 10.8. The molecule has 0 spiro atoms. The monoisotopic (exact) mass is 449 g/mol. The van der Waals surface area contributed by atoms with Crippen LogP contribution in [-0.4, -0.2) is 44.4 Å². The Hall–Kier alpha value is -3.63. The molecule has 4 rings (SSSR count). The zero-order valence-corrected chi connectivity index (χ0v) is 18.6. The molecule has 4 aromatic rings. The molecule has 0 aliphatic rings. The topological polar surface area (TPSA) is 107 Å². The van der Waals surface area contributed by atoms with Gasteiger partial charge in [0.25, 0.3) is 5.91 Å². The number of nitrogens with one attached hydrogen (secondary N) is 2. The van der Waals surface area contributed by atoms with Gasteiger partial charge >= 0.3 is 0 Å². The van der Waals surface area contributed by atoms with Gasteiger partial charge in [0.1, 0.15) is 4.88 Å². The van der Waals surface area contributed by atoms with Crippen molar-refractivity contribution in [1.29, 1.82) is 0 Å². The molecule has 0 saturated heterocycles. The highest BCUT2D eigenvalue weighted by Gasteiger charge is 2.10. The minimum absolute atomic E-state index is 0.118. The Labute approximate surface area is 189 Å². The first kappa shape index (κ1) is 21.6. The fourth-order valence-corrected chi connectivity index (χ4v) is 3.62. The molecule has 32 heavy (non-hydrogen) atoms. The second kappa shape index (κ2) is 10.1. The Morgan fingerprint density at radius 2 is 2.16 bits per heavy atom. The van der Waals surface area contributed by atoms with E-state index in [0.29, 0.717) is 30.5 Å². The molecule has 0 aliphatic heterocycles. The van der Waals surface area contributed by atoms with E-state index < -0.39 is 0 Å². The molecule has 164 valence electrons. The third kappa shape index (κ3) is 5.34. The summed E-state index contributed by atoms with van der Waals surface area (Å²) in [6, 6.07) is 7.93. The van der Waals surface area contributed by atoms with Crippen molar-refractivity contribution in [3.05, 3.63) is 70.6 Å². The van der Waals surface area contributed by atoms with Crippen LogP contribution >= 0.6 is 11.3 Å². The maximum Gasteiger partial charge on any atom is 0.263 e. The first-order valence-corrected chi connectivity index (χ1v) is 10.9. The second-order valence-electron chi connectivity index (χ2n) is 7.06. The number of rotatable bonds is 9. The van der Waals surface area contributed by atoms with Crippen molar-refractivity contribution in [2.75, 3.05) is 19.0 Å². The second-order valence-corrected chi connectivity index (χ2v) is 7.95. The van der Waals surface area contributed by atoms with Gasteiger partial charge in [-0.3, -0.25) is 14.5 Å². The van der Waals surface area contributed by atoms with Crippen LogP contribution in [-0.2, 0) is 17.8 Å². The van der Waals surface area contributed by atoms with Gasteiger partial charge in [-0.1, -0.05) is 12.1 Å². The molecule has 2 N–H and O–H groups in total. The maximum atomic E-state index is 12.1. The number of thiazole rings is 1. The number of ether oxygens (including phenoxy) is 1. The van der Waals surface area contributed by atoms with Crippen LogP contribution in [0.4, 0.5) is 11.6 Å². The molecule has 10 heteroatoms. The lowest BCUT2D eigenvalue weighted by molar-refractivity contribution is 0.0954. The molecule has 1 aromatic carbocycles. The van der Waals surface area contributed by atoms with Crippen LogP contribution in [0.2, 0.25) is 0 Å². The van der Waals surface area contributed by atoms with Gasteiger partial charge in [0.2, 0.25) is 5.95 Å². The molecule has 0 atom stereocenters. The number of nitrogens with zero attached hydrogens (tertiary/aromatic N) is 5. The minimum Gasteiger partial charge on any atom is -0.383 e. The molecule has 1 amide bonds. The predicted molar refractivity (Wildman–Crippen MR) is 123 cm³/mol. The highest BCUT2D eigenvalue weighted by atomic mass is 32.1. The Balaban J connectivity index is 1.42. The van der Waals surface area contributed by atoms with Crippen molar-refractivity contribution in [3.8, 4) is 11.3 Å². The third-order valence-corrected chi connectivity index (χ3v) is 5.58. The Morgan fingerprint density at radius 1 is 1.25 bits per heavy atom. The SMILES string of the molecule is COCCn1cc(Nc2nccc(-c3ccc(CNC(=O)c4cncs4)c(C)c3)n2)cn1. The van der Waals surface area contributed by atoms with Gasteiger partial charge in [-0.2, -0.15) is 5.10 Å². The number of amides is 1. The number of carbonyl (C=O) groups excluding carboxylic acids is 1. The number of hydrogen-bond acceptors (Lipinski definition) is 8. The quantitative estimate of drug-likeness (QED) is 0.403. The summed E-state index contributed by atoms with van der Waals surface area (Å²) in [6.45, 7) is 3.74. The predicted octanol–water partition coefficient (Wildman–Crippen LogP) is 3.43. The number of methoxy groups -OCH3 is 1. The molecule has 0 aliphatic carbocycles. The van der Waals surface area contributed by atoms with Crippen LogP contribution in [0.25, 0.3) is 11.3 Å². The van der Waals surface area contributed by atoms with Crippen molar-refractivity contribution < 1.29 is 9.53 Å². The number of hydrogen-bond donors (Lipinski definition) is 2. The molecule has 9 nitrogen and oxygen atoms in total. The van der Waals surface area contributed by atoms with E-state index in [1.807, 2.05) is 31.3 Å². The van der Waals surface area contributed by atoms with E-state index in [1.54, 1.807) is 35.9 Å². The molecule has 3 heterocycles. The van der Waals surface area contributed by atoms with Crippen molar-refractivity contribution in [1.82, 2.24) is 30.0 Å². The van der Waals surface area contributed by atoms with Crippen molar-refractivity contribution >= 4 is 28.9 Å². The van der Waals surface area contributed by atoms with Gasteiger partial charge in [-0.05, 0) is 30.2 Å². The van der Waals surface area contributed by atoms with Crippen LogP contribution in [0.15, 0.2) is 54.6 Å². The van der Waals surface area contributed by atoms with Gasteiger partial charge in [0.05, 0.1) is 42.4 Å². The van der Waals surface area contributed by atoms with E-state index in [9.17, 15) is 4.79 Å². The number of aryl methyl sites for hydroxylation is 1. The third-order valence-electron chi connectivity index (χ3n) is 4.80. The van der Waals surface area contributed by atoms with Crippen molar-refractivity contribution in [2.45, 2.75) is 20.0 Å². The fraction of sp³-hybridized carbons (Fsp3) is 0.227. The summed E-state index contributed by atoms with van der Waals surface area (Å²) in [6.07, 6.45) is 6.90. The Bertz CT molecular complexity index is 1190. The van der Waals surface area contributed by atoms with E-state index in [0.717, 1.165) is 28.1 Å². The summed E-state index contributed by atoms with van der Waals surface area (Å²) in [7, 11) is 1.66. The Morgan fingerprint density at radius 3 is 2.94 bits per heavy atom. The smallest absolute Gasteiger partial charge is 0.263 e. The highest BCUT2D eigenvalue weighted by molar-refractivity contribution is 7.11. The standard InChI is InChI=1S/C22H23N7O2S/c1-15-9-16(3-4-17(15)10-25-21(30)20-12-23-14-32-20)19-5-6-24-22(28-19)27-18-11-26-29(13-18)7-8-31-2/h3-6,9,11-14H,7-8,10H2,1-2H3,(H,25,30)(H,24,27,28). The molecular formula is C22H23N7O2S. The summed E-state index contributed by atoms with van der Waals surface area (Å²) in [5.41, 5.74) is 6.34. The molecule has 0 fully saturated rings. The first-order valence-electron chi connectivity index (χ1n) is 10.0. The lowest BCUT2D eigenvalue weighted by atomic mass is 10.0. The number of carbonyl (C=O) groups is 1. The summed E-state index contributed by atoms with van der Waals surface area (Å²) < 4.78 is 6.87. The number of aromatic nitrogens is 5. The molecule has 0 saturated carbocycles. The van der Waals surface area contributed by atoms with E-state index in [4.69, 9.17) is 4.74 Å². The lowest BCUT2D eigenvalue weighted by Gasteiger charge is -2.10. The number of benzene rings is 1. The van der Waals surface area contributed by atoms with Gasteiger partial charge in [-0.25, -0.2) is 9.97 Å². The van der Waals surface area contributed by atoms with Gasteiger partial charge < -0.3 is 15.4 Å². The van der Waals surface area contributed by atoms with Crippen LogP contribution < -0.4 is 10.6 Å². The van der Waals surface area contributed by atoms with Gasteiger partial charge in [0, 0.05) is 31.6 Å². The molecule has 3 aromatic heterocycles. The summed E-state index contributed by atoms with van der Waals surface area (Å²) in [4.78, 5) is 25.6. The van der Waals surface area contributed by atoms with E-state index >= 15 is 0 Å². The largest absolute Gasteiger partial charge is 0.383 e. The molecule has 0 radical (unpaired) electrons. The van der Waals surface area contributed by atoms with Crippen LogP contribution in [0.1, 0.15) is 20.8 Å². The van der Waals surface area contributed by atoms with Gasteiger partial charge in [-0.15, -0.1) is 11.3 Å². The average molecular weight is 450 g/mol. The van der Waals surface area contributed by atoms with E-state index in [2.05, 4.69) is 36.8 Å². The average Bonchev–Trinajstić information content (AvgIpc) is 3.49. The zero-order valence-electron chi connectivity index (χ0n) is 17.8. The van der Waals surface area contributed by atoms with Crippen LogP contribution in [0, 0.1) is 6.92 Å². The lowest BCUT2D eigenvalue weighted by Crippen LogP contribution is -2.22. The van der Waals surface area contributed by atoms with Gasteiger partial charge in [0.15, 0.2) is 0 Å². The molecular weight excluding hydrogens is 426 g/mol. The van der Waals surface area contributed by atoms with E-state index in [-0.39, 0.29) is 5.91 Å². The first-order chi connectivity index (χ1) is 15.6. The van der Waals surface area contributed by atoms with Crippen LogP contribution in [0.5, 0.6) is 0 Å². The highest BCUT2D eigenvalue weighted by Crippen LogP contribution is 2.22. The maximum absolute atomic E-state index is 12.1. The summed E-state index contributed by atoms with van der Waals surface area (Å²) >= 11 is 1.32. The Kier molecular flexibility index (Phi) is 6.83. The van der Waals surface area contributed by atoms with Crippen molar-refractivity contribution in [2.24, 2.45) is 0 Å². The van der Waals surface area contributed by atoms with Crippen LogP contribution in [0.3, 0.4) is 0 Å².